The number of rotatable bonds is 3. The van der Waals surface area contributed by atoms with Crippen LogP contribution in [0.15, 0.2) is 0 Å². The molecule has 1 fully saturated rings. The molecule has 1 rings (SSSR count). The molecule has 1 N–H and O–H groups in total. The molecule has 0 saturated carbocycles. The van der Waals surface area contributed by atoms with Crippen LogP contribution in [0.5, 0.6) is 0 Å². The maximum absolute atomic E-state index is 11.8. The summed E-state index contributed by atoms with van der Waals surface area (Å²) in [4.78, 5) is 10.8. The number of carbonyl (C=O) groups is 1. The Bertz CT molecular complexity index is 337. The molecule has 0 radical (unpaired) electrons. The first-order chi connectivity index (χ1) is 6.84. The van der Waals surface area contributed by atoms with E-state index < -0.39 is 15.3 Å². The van der Waals surface area contributed by atoms with Crippen molar-refractivity contribution in [1.82, 2.24) is 9.62 Å². The third kappa shape index (κ3) is 2.92. The lowest BCUT2D eigenvalue weighted by Crippen LogP contribution is -2.39. The van der Waals surface area contributed by atoms with Crippen molar-refractivity contribution in [1.29, 1.82) is 0 Å². The first-order valence-corrected chi connectivity index (χ1v) is 6.60. The van der Waals surface area contributed by atoms with Crippen molar-refractivity contribution in [3.8, 4) is 0 Å². The van der Waals surface area contributed by atoms with Gasteiger partial charge in [-0.1, -0.05) is 0 Å². The fourth-order valence-electron chi connectivity index (χ4n) is 1.66. The van der Waals surface area contributed by atoms with Crippen molar-refractivity contribution in [2.24, 2.45) is 0 Å². The molecule has 5 nitrogen and oxygen atoms in total. The van der Waals surface area contributed by atoms with Gasteiger partial charge in [0.1, 0.15) is 0 Å². The smallest absolute Gasteiger partial charge is 0.217 e. The van der Waals surface area contributed by atoms with E-state index in [1.54, 1.807) is 13.8 Å². The highest BCUT2D eigenvalue weighted by Gasteiger charge is 2.33. The molecule has 15 heavy (non-hydrogen) atoms. The summed E-state index contributed by atoms with van der Waals surface area (Å²) >= 11 is 0. The largest absolute Gasteiger partial charge is 0.352 e. The van der Waals surface area contributed by atoms with Crippen LogP contribution in [-0.4, -0.2) is 43.0 Å². The van der Waals surface area contributed by atoms with Gasteiger partial charge < -0.3 is 5.32 Å². The SMILES string of the molecule is CC(=O)NC1CCN(S(=O)(=O)C(C)C)C1. The molecule has 1 amide bonds. The van der Waals surface area contributed by atoms with E-state index in [0.717, 1.165) is 0 Å². The molecule has 1 unspecified atom stereocenters. The predicted octanol–water partition coefficient (Wildman–Crippen LogP) is -0.0650. The molecule has 0 spiro atoms. The number of nitrogens with zero attached hydrogens (tertiary/aromatic N) is 1. The summed E-state index contributed by atoms with van der Waals surface area (Å²) in [6.45, 7) is 5.69. The molecule has 0 aliphatic carbocycles. The zero-order valence-electron chi connectivity index (χ0n) is 9.36. The molecule has 1 atom stereocenters. The second-order valence-electron chi connectivity index (χ2n) is 4.14. The van der Waals surface area contributed by atoms with E-state index in [9.17, 15) is 13.2 Å². The van der Waals surface area contributed by atoms with Gasteiger partial charge in [0.2, 0.25) is 15.9 Å². The first-order valence-electron chi connectivity index (χ1n) is 5.10. The van der Waals surface area contributed by atoms with Gasteiger partial charge in [-0.25, -0.2) is 8.42 Å². The number of nitrogens with one attached hydrogen (secondary N) is 1. The van der Waals surface area contributed by atoms with Crippen LogP contribution in [-0.2, 0) is 14.8 Å². The zero-order valence-corrected chi connectivity index (χ0v) is 10.2. The van der Waals surface area contributed by atoms with Crippen LogP contribution in [0.3, 0.4) is 0 Å². The lowest BCUT2D eigenvalue weighted by atomic mass is 10.3. The highest BCUT2D eigenvalue weighted by molar-refractivity contribution is 7.89. The van der Waals surface area contributed by atoms with Crippen molar-refractivity contribution >= 4 is 15.9 Å². The molecule has 0 aromatic carbocycles. The molecule has 1 aliphatic heterocycles. The molecular weight excluding hydrogens is 216 g/mol. The van der Waals surface area contributed by atoms with E-state index in [1.165, 1.54) is 11.2 Å². The van der Waals surface area contributed by atoms with Crippen LogP contribution in [0.2, 0.25) is 0 Å². The summed E-state index contributed by atoms with van der Waals surface area (Å²) in [6, 6.07) is -0.0315. The Morgan fingerprint density at radius 1 is 1.47 bits per heavy atom. The molecule has 1 heterocycles. The summed E-state index contributed by atoms with van der Waals surface area (Å²) in [5, 5.41) is 2.34. The van der Waals surface area contributed by atoms with Crippen LogP contribution in [0, 0.1) is 0 Å². The average molecular weight is 234 g/mol. The van der Waals surface area contributed by atoms with Crippen molar-refractivity contribution in [2.45, 2.75) is 38.5 Å². The Labute approximate surface area is 90.9 Å². The van der Waals surface area contributed by atoms with Gasteiger partial charge in [0.25, 0.3) is 0 Å². The molecule has 0 bridgehead atoms. The summed E-state index contributed by atoms with van der Waals surface area (Å²) in [5.74, 6) is -0.108. The van der Waals surface area contributed by atoms with Crippen LogP contribution in [0.1, 0.15) is 27.2 Å². The topological polar surface area (TPSA) is 66.5 Å². The van der Waals surface area contributed by atoms with Crippen LogP contribution < -0.4 is 5.32 Å². The number of carbonyl (C=O) groups excluding carboxylic acids is 1. The molecular formula is C9H18N2O3S. The quantitative estimate of drug-likeness (QED) is 0.743. The van der Waals surface area contributed by atoms with Gasteiger partial charge in [0, 0.05) is 26.1 Å². The highest BCUT2D eigenvalue weighted by atomic mass is 32.2. The van der Waals surface area contributed by atoms with E-state index in [1.807, 2.05) is 0 Å². The molecule has 0 aromatic heterocycles. The van der Waals surface area contributed by atoms with Crippen molar-refractivity contribution in [3.05, 3.63) is 0 Å². The Balaban J connectivity index is 2.60. The van der Waals surface area contributed by atoms with Crippen LogP contribution in [0.4, 0.5) is 0 Å². The first kappa shape index (κ1) is 12.4. The standard InChI is InChI=1S/C9H18N2O3S/c1-7(2)15(13,14)11-5-4-9(6-11)10-8(3)12/h7,9H,4-6H2,1-3H3,(H,10,12). The molecule has 1 saturated heterocycles. The zero-order chi connectivity index (χ0) is 11.6. The number of hydrogen-bond acceptors (Lipinski definition) is 3. The summed E-state index contributed by atoms with van der Waals surface area (Å²) < 4.78 is 25.0. The number of sulfonamides is 1. The fraction of sp³-hybridized carbons (Fsp3) is 0.889. The van der Waals surface area contributed by atoms with E-state index in [4.69, 9.17) is 0 Å². The molecule has 88 valence electrons. The van der Waals surface area contributed by atoms with Crippen molar-refractivity contribution in [2.75, 3.05) is 13.1 Å². The normalized spacial score (nSPS) is 23.3. The maximum atomic E-state index is 11.8. The average Bonchev–Trinajstić information content (AvgIpc) is 2.51. The Kier molecular flexibility index (Phi) is 3.72. The fourth-order valence-corrected chi connectivity index (χ4v) is 3.01. The maximum Gasteiger partial charge on any atom is 0.217 e. The minimum absolute atomic E-state index is 0.0315. The Hall–Kier alpha value is -0.620. The van der Waals surface area contributed by atoms with Gasteiger partial charge in [-0.2, -0.15) is 4.31 Å². The summed E-state index contributed by atoms with van der Waals surface area (Å²) in [5.41, 5.74) is 0. The Morgan fingerprint density at radius 2 is 2.07 bits per heavy atom. The lowest BCUT2D eigenvalue weighted by Gasteiger charge is -2.19. The molecule has 6 heteroatoms. The van der Waals surface area contributed by atoms with Crippen molar-refractivity contribution in [3.63, 3.8) is 0 Å². The van der Waals surface area contributed by atoms with E-state index >= 15 is 0 Å². The van der Waals surface area contributed by atoms with Crippen LogP contribution >= 0.6 is 0 Å². The minimum atomic E-state index is -3.16. The lowest BCUT2D eigenvalue weighted by molar-refractivity contribution is -0.119. The predicted molar refractivity (Wildman–Crippen MR) is 57.9 cm³/mol. The summed E-state index contributed by atoms with van der Waals surface area (Å²) in [7, 11) is -3.16. The molecule has 0 aromatic rings. The monoisotopic (exact) mass is 234 g/mol. The Morgan fingerprint density at radius 3 is 2.53 bits per heavy atom. The second kappa shape index (κ2) is 4.49. The number of amides is 1. The second-order valence-corrected chi connectivity index (χ2v) is 6.63. The number of hydrogen-bond donors (Lipinski definition) is 1. The minimum Gasteiger partial charge on any atom is -0.352 e. The van der Waals surface area contributed by atoms with Gasteiger partial charge in [0.05, 0.1) is 5.25 Å². The van der Waals surface area contributed by atoms with Gasteiger partial charge in [-0.05, 0) is 20.3 Å². The summed E-state index contributed by atoms with van der Waals surface area (Å²) in [6.07, 6.45) is 0.700. The van der Waals surface area contributed by atoms with Crippen molar-refractivity contribution < 1.29 is 13.2 Å². The van der Waals surface area contributed by atoms with Crippen LogP contribution in [0.25, 0.3) is 0 Å². The van der Waals surface area contributed by atoms with E-state index in [-0.39, 0.29) is 11.9 Å². The van der Waals surface area contributed by atoms with Gasteiger partial charge in [0.15, 0.2) is 0 Å². The van der Waals surface area contributed by atoms with Gasteiger partial charge in [-0.3, -0.25) is 4.79 Å². The van der Waals surface area contributed by atoms with E-state index in [0.29, 0.717) is 19.5 Å². The molecule has 1 aliphatic rings. The highest BCUT2D eigenvalue weighted by Crippen LogP contribution is 2.17. The third-order valence-electron chi connectivity index (χ3n) is 2.51. The van der Waals surface area contributed by atoms with Gasteiger partial charge >= 0.3 is 0 Å². The van der Waals surface area contributed by atoms with Gasteiger partial charge in [-0.15, -0.1) is 0 Å². The third-order valence-corrected chi connectivity index (χ3v) is 4.76. The van der Waals surface area contributed by atoms with E-state index in [2.05, 4.69) is 5.32 Å².